The first-order chi connectivity index (χ1) is 6.76. The van der Waals surface area contributed by atoms with E-state index in [1.165, 1.54) is 5.57 Å². The maximum atomic E-state index is 4.23. The van der Waals surface area contributed by atoms with Crippen molar-refractivity contribution in [3.05, 3.63) is 28.6 Å². The number of aromatic nitrogens is 2. The number of nitrogens with zero attached hydrogens (tertiary/aromatic N) is 2. The summed E-state index contributed by atoms with van der Waals surface area (Å²) in [6, 6.07) is 0. The molecule has 0 aromatic carbocycles. The number of allylic oxidation sites excluding steroid dienone is 1. The Labute approximate surface area is 92.8 Å². The standard InChI is InChI=1S/C10H14BrN3/c1-3-8(4-2)5-13-10-7-12-6-9(11)14-10/h3,6-7H,4-5H2,1-2H3,(H,13,14)/b8-3+. The highest BCUT2D eigenvalue weighted by Crippen LogP contribution is 2.09. The van der Waals surface area contributed by atoms with E-state index in [1.54, 1.807) is 12.4 Å². The number of hydrogen-bond acceptors (Lipinski definition) is 3. The maximum Gasteiger partial charge on any atom is 0.146 e. The molecule has 76 valence electrons. The predicted molar refractivity (Wildman–Crippen MR) is 62.3 cm³/mol. The van der Waals surface area contributed by atoms with E-state index in [0.717, 1.165) is 23.4 Å². The van der Waals surface area contributed by atoms with Crippen LogP contribution in [0.1, 0.15) is 20.3 Å². The summed E-state index contributed by atoms with van der Waals surface area (Å²) in [7, 11) is 0. The third-order valence-corrected chi connectivity index (χ3v) is 2.35. The number of rotatable bonds is 4. The molecule has 1 N–H and O–H groups in total. The van der Waals surface area contributed by atoms with E-state index in [2.05, 4.69) is 44.2 Å². The van der Waals surface area contributed by atoms with E-state index in [0.29, 0.717) is 0 Å². The van der Waals surface area contributed by atoms with Gasteiger partial charge in [0.25, 0.3) is 0 Å². The first-order valence-corrected chi connectivity index (χ1v) is 5.41. The average molecular weight is 256 g/mol. The molecule has 1 heterocycles. The Kier molecular flexibility index (Phi) is 4.59. The zero-order chi connectivity index (χ0) is 10.4. The molecule has 3 nitrogen and oxygen atoms in total. The minimum atomic E-state index is 0.751. The highest BCUT2D eigenvalue weighted by molar-refractivity contribution is 9.10. The molecular formula is C10H14BrN3. The quantitative estimate of drug-likeness (QED) is 0.841. The summed E-state index contributed by atoms with van der Waals surface area (Å²) in [6.45, 7) is 5.02. The normalized spacial score (nSPS) is 11.5. The zero-order valence-electron chi connectivity index (χ0n) is 8.42. The van der Waals surface area contributed by atoms with E-state index >= 15 is 0 Å². The largest absolute Gasteiger partial charge is 0.365 e. The maximum absolute atomic E-state index is 4.23. The van der Waals surface area contributed by atoms with Crippen LogP contribution in [0.15, 0.2) is 28.6 Å². The Morgan fingerprint density at radius 1 is 1.57 bits per heavy atom. The highest BCUT2D eigenvalue weighted by atomic mass is 79.9. The van der Waals surface area contributed by atoms with Gasteiger partial charge in [0, 0.05) is 6.54 Å². The Morgan fingerprint density at radius 2 is 2.36 bits per heavy atom. The lowest BCUT2D eigenvalue weighted by molar-refractivity contribution is 1.02. The van der Waals surface area contributed by atoms with Crippen LogP contribution in [0.3, 0.4) is 0 Å². The third-order valence-electron chi connectivity index (χ3n) is 1.96. The van der Waals surface area contributed by atoms with Gasteiger partial charge in [0.1, 0.15) is 10.4 Å². The van der Waals surface area contributed by atoms with Gasteiger partial charge < -0.3 is 5.32 Å². The van der Waals surface area contributed by atoms with Gasteiger partial charge in [-0.15, -0.1) is 0 Å². The minimum Gasteiger partial charge on any atom is -0.365 e. The van der Waals surface area contributed by atoms with E-state index < -0.39 is 0 Å². The molecule has 4 heteroatoms. The monoisotopic (exact) mass is 255 g/mol. The molecule has 0 fully saturated rings. The fourth-order valence-electron chi connectivity index (χ4n) is 1.06. The molecule has 1 aromatic heterocycles. The van der Waals surface area contributed by atoms with Gasteiger partial charge in [0.2, 0.25) is 0 Å². The molecule has 0 saturated carbocycles. The van der Waals surface area contributed by atoms with Crippen molar-refractivity contribution >= 4 is 21.7 Å². The molecule has 0 bridgehead atoms. The molecule has 0 aliphatic rings. The topological polar surface area (TPSA) is 37.8 Å². The Bertz CT molecular complexity index is 323. The van der Waals surface area contributed by atoms with Crippen LogP contribution in [0.5, 0.6) is 0 Å². The van der Waals surface area contributed by atoms with Crippen molar-refractivity contribution in [2.45, 2.75) is 20.3 Å². The van der Waals surface area contributed by atoms with Crippen LogP contribution in [0, 0.1) is 0 Å². The highest BCUT2D eigenvalue weighted by Gasteiger charge is 1.96. The van der Waals surface area contributed by atoms with Crippen molar-refractivity contribution in [3.63, 3.8) is 0 Å². The molecule has 1 rings (SSSR count). The van der Waals surface area contributed by atoms with E-state index in [-0.39, 0.29) is 0 Å². The summed E-state index contributed by atoms with van der Waals surface area (Å²) in [5.41, 5.74) is 1.37. The smallest absolute Gasteiger partial charge is 0.146 e. The molecule has 0 radical (unpaired) electrons. The van der Waals surface area contributed by atoms with Crippen molar-refractivity contribution in [2.24, 2.45) is 0 Å². The fraction of sp³-hybridized carbons (Fsp3) is 0.400. The van der Waals surface area contributed by atoms with Crippen molar-refractivity contribution in [1.29, 1.82) is 0 Å². The summed E-state index contributed by atoms with van der Waals surface area (Å²) in [4.78, 5) is 8.25. The van der Waals surface area contributed by atoms with Crippen LogP contribution in [0.4, 0.5) is 5.82 Å². The number of halogens is 1. The van der Waals surface area contributed by atoms with Crippen LogP contribution >= 0.6 is 15.9 Å². The van der Waals surface area contributed by atoms with E-state index in [1.807, 2.05) is 6.92 Å². The lowest BCUT2D eigenvalue weighted by atomic mass is 10.2. The second kappa shape index (κ2) is 5.75. The first kappa shape index (κ1) is 11.2. The summed E-state index contributed by atoms with van der Waals surface area (Å²) in [5, 5.41) is 3.22. The van der Waals surface area contributed by atoms with Crippen LogP contribution in [0.2, 0.25) is 0 Å². The average Bonchev–Trinajstić information content (AvgIpc) is 2.19. The van der Waals surface area contributed by atoms with Crippen LogP contribution in [-0.4, -0.2) is 16.5 Å². The van der Waals surface area contributed by atoms with Gasteiger partial charge in [-0.05, 0) is 29.3 Å². The van der Waals surface area contributed by atoms with Crippen molar-refractivity contribution in [1.82, 2.24) is 9.97 Å². The lowest BCUT2D eigenvalue weighted by Gasteiger charge is -2.06. The Hall–Kier alpha value is -0.900. The van der Waals surface area contributed by atoms with Crippen molar-refractivity contribution in [2.75, 3.05) is 11.9 Å². The van der Waals surface area contributed by atoms with Crippen LogP contribution in [-0.2, 0) is 0 Å². The molecule has 0 atom stereocenters. The number of nitrogens with one attached hydrogen (secondary N) is 1. The van der Waals surface area contributed by atoms with Crippen LogP contribution < -0.4 is 5.32 Å². The first-order valence-electron chi connectivity index (χ1n) is 4.61. The van der Waals surface area contributed by atoms with Gasteiger partial charge in [-0.1, -0.05) is 18.6 Å². The van der Waals surface area contributed by atoms with Crippen molar-refractivity contribution in [3.8, 4) is 0 Å². The van der Waals surface area contributed by atoms with Gasteiger partial charge in [-0.3, -0.25) is 4.98 Å². The van der Waals surface area contributed by atoms with Crippen molar-refractivity contribution < 1.29 is 0 Å². The Morgan fingerprint density at radius 3 is 2.93 bits per heavy atom. The SMILES string of the molecule is C/C=C(\CC)CNc1cncc(Br)n1. The van der Waals surface area contributed by atoms with Gasteiger partial charge in [0.05, 0.1) is 12.4 Å². The van der Waals surface area contributed by atoms with Gasteiger partial charge in [-0.25, -0.2) is 4.98 Å². The molecule has 0 unspecified atom stereocenters. The second-order valence-electron chi connectivity index (χ2n) is 2.88. The van der Waals surface area contributed by atoms with E-state index in [4.69, 9.17) is 0 Å². The molecule has 1 aromatic rings. The molecule has 0 aliphatic carbocycles. The molecule has 14 heavy (non-hydrogen) atoms. The number of hydrogen-bond donors (Lipinski definition) is 1. The minimum absolute atomic E-state index is 0.751. The summed E-state index contributed by atoms with van der Waals surface area (Å²) in [6.07, 6.45) is 6.57. The van der Waals surface area contributed by atoms with Gasteiger partial charge in [-0.2, -0.15) is 0 Å². The molecule has 0 spiro atoms. The summed E-state index contributed by atoms with van der Waals surface area (Å²) < 4.78 is 0.751. The molecular weight excluding hydrogens is 242 g/mol. The fourth-order valence-corrected chi connectivity index (χ4v) is 1.37. The predicted octanol–water partition coefficient (Wildman–Crippen LogP) is 3.01. The lowest BCUT2D eigenvalue weighted by Crippen LogP contribution is -2.06. The molecule has 0 saturated heterocycles. The Balaban J connectivity index is 2.53. The summed E-state index contributed by atoms with van der Waals surface area (Å²) in [5.74, 6) is 0.798. The molecule has 0 aliphatic heterocycles. The van der Waals surface area contributed by atoms with Crippen LogP contribution in [0.25, 0.3) is 0 Å². The zero-order valence-corrected chi connectivity index (χ0v) is 10.0. The van der Waals surface area contributed by atoms with Gasteiger partial charge >= 0.3 is 0 Å². The van der Waals surface area contributed by atoms with E-state index in [9.17, 15) is 0 Å². The molecule has 0 amide bonds. The number of anilines is 1. The summed E-state index contributed by atoms with van der Waals surface area (Å²) >= 11 is 3.28. The third kappa shape index (κ3) is 3.46. The second-order valence-corrected chi connectivity index (χ2v) is 3.69. The van der Waals surface area contributed by atoms with Gasteiger partial charge in [0.15, 0.2) is 0 Å².